The monoisotopic (exact) mass is 164 g/mol. The number of aryl methyl sites for hydroxylation is 1. The number of hydrogen-bond acceptors (Lipinski definition) is 2. The van der Waals surface area contributed by atoms with Gasteiger partial charge in [-0.25, -0.2) is 0 Å². The van der Waals surface area contributed by atoms with Crippen LogP contribution in [0.3, 0.4) is 0 Å². The second kappa shape index (κ2) is 3.85. The first-order valence-electron chi connectivity index (χ1n) is 3.84. The molecule has 0 saturated carbocycles. The Morgan fingerprint density at radius 3 is 3.00 bits per heavy atom. The van der Waals surface area contributed by atoms with Gasteiger partial charge in [0.1, 0.15) is 0 Å². The number of rotatable bonds is 2. The van der Waals surface area contributed by atoms with E-state index in [0.29, 0.717) is 6.54 Å². The number of pyridine rings is 1. The largest absolute Gasteiger partial charge is 0.352 e. The molecule has 0 radical (unpaired) electrons. The first-order chi connectivity index (χ1) is 5.70. The fourth-order valence-electron chi connectivity index (χ4n) is 0.920. The lowest BCUT2D eigenvalue weighted by molar-refractivity contribution is -0.119. The first-order valence-corrected chi connectivity index (χ1v) is 3.84. The molecule has 64 valence electrons. The summed E-state index contributed by atoms with van der Waals surface area (Å²) in [5, 5.41) is 2.74. The van der Waals surface area contributed by atoms with Crippen molar-refractivity contribution in [1.82, 2.24) is 10.3 Å². The van der Waals surface area contributed by atoms with Crippen LogP contribution in [0.4, 0.5) is 0 Å². The molecule has 0 aliphatic rings. The summed E-state index contributed by atoms with van der Waals surface area (Å²) in [4.78, 5) is 14.6. The van der Waals surface area contributed by atoms with Crippen LogP contribution < -0.4 is 5.32 Å². The van der Waals surface area contributed by atoms with Crippen LogP contribution in [0.2, 0.25) is 0 Å². The highest BCUT2D eigenvalue weighted by Gasteiger charge is 1.97. The third kappa shape index (κ3) is 2.34. The minimum absolute atomic E-state index is 0.00814. The highest BCUT2D eigenvalue weighted by Crippen LogP contribution is 2.03. The predicted molar refractivity (Wildman–Crippen MR) is 46.5 cm³/mol. The Morgan fingerprint density at radius 1 is 1.67 bits per heavy atom. The van der Waals surface area contributed by atoms with Crippen molar-refractivity contribution in [1.29, 1.82) is 0 Å². The summed E-state index contributed by atoms with van der Waals surface area (Å²) in [5.74, 6) is -0.00814. The van der Waals surface area contributed by atoms with E-state index in [-0.39, 0.29) is 5.91 Å². The summed E-state index contributed by atoms with van der Waals surface area (Å²) in [5.41, 5.74) is 2.21. The van der Waals surface area contributed by atoms with Crippen LogP contribution in [-0.2, 0) is 11.3 Å². The van der Waals surface area contributed by atoms with E-state index < -0.39 is 0 Å². The Hall–Kier alpha value is -1.38. The standard InChI is InChI=1S/C9H12N2O/c1-7-5-10-4-3-9(7)6-11-8(2)12/h3-5H,6H2,1-2H3,(H,11,12). The van der Waals surface area contributed by atoms with Crippen molar-refractivity contribution in [2.75, 3.05) is 0 Å². The highest BCUT2D eigenvalue weighted by atomic mass is 16.1. The van der Waals surface area contributed by atoms with Gasteiger partial charge in [-0.15, -0.1) is 0 Å². The van der Waals surface area contributed by atoms with Gasteiger partial charge >= 0.3 is 0 Å². The van der Waals surface area contributed by atoms with Gasteiger partial charge in [0.15, 0.2) is 0 Å². The molecule has 12 heavy (non-hydrogen) atoms. The first kappa shape index (κ1) is 8.71. The number of nitrogens with zero attached hydrogens (tertiary/aromatic N) is 1. The zero-order valence-corrected chi connectivity index (χ0v) is 7.29. The topological polar surface area (TPSA) is 42.0 Å². The van der Waals surface area contributed by atoms with Gasteiger partial charge in [0, 0.05) is 25.9 Å². The van der Waals surface area contributed by atoms with Crippen molar-refractivity contribution in [3.8, 4) is 0 Å². The van der Waals surface area contributed by atoms with Crippen LogP contribution in [0.15, 0.2) is 18.5 Å². The average Bonchev–Trinajstić information content (AvgIpc) is 2.03. The third-order valence-electron chi connectivity index (χ3n) is 1.66. The average molecular weight is 164 g/mol. The Labute approximate surface area is 71.8 Å². The summed E-state index contributed by atoms with van der Waals surface area (Å²) in [6, 6.07) is 1.91. The molecule has 0 aliphatic carbocycles. The van der Waals surface area contributed by atoms with Gasteiger partial charge in [-0.3, -0.25) is 9.78 Å². The van der Waals surface area contributed by atoms with Gasteiger partial charge in [-0.2, -0.15) is 0 Å². The molecule has 0 unspecified atom stereocenters. The molecule has 0 fully saturated rings. The molecule has 0 bridgehead atoms. The summed E-state index contributed by atoms with van der Waals surface area (Å²) in [6.45, 7) is 4.07. The minimum Gasteiger partial charge on any atom is -0.352 e. The molecule has 1 heterocycles. The van der Waals surface area contributed by atoms with Crippen LogP contribution in [0, 0.1) is 6.92 Å². The molecular weight excluding hydrogens is 152 g/mol. The highest BCUT2D eigenvalue weighted by molar-refractivity contribution is 5.72. The fourth-order valence-corrected chi connectivity index (χ4v) is 0.920. The predicted octanol–water partition coefficient (Wildman–Crippen LogP) is 1.03. The van der Waals surface area contributed by atoms with Crippen LogP contribution in [0.5, 0.6) is 0 Å². The number of carbonyl (C=O) groups is 1. The maximum absolute atomic E-state index is 10.6. The second-order valence-corrected chi connectivity index (χ2v) is 2.71. The maximum atomic E-state index is 10.6. The molecule has 0 atom stereocenters. The van der Waals surface area contributed by atoms with E-state index in [9.17, 15) is 4.79 Å². The zero-order valence-electron chi connectivity index (χ0n) is 7.29. The molecule has 3 heteroatoms. The normalized spacial score (nSPS) is 9.50. The SMILES string of the molecule is CC(=O)NCc1ccncc1C. The van der Waals surface area contributed by atoms with Crippen LogP contribution in [0.1, 0.15) is 18.1 Å². The van der Waals surface area contributed by atoms with Crippen LogP contribution in [0.25, 0.3) is 0 Å². The van der Waals surface area contributed by atoms with Crippen molar-refractivity contribution in [2.45, 2.75) is 20.4 Å². The van der Waals surface area contributed by atoms with Gasteiger partial charge in [0.05, 0.1) is 0 Å². The smallest absolute Gasteiger partial charge is 0.217 e. The quantitative estimate of drug-likeness (QED) is 0.709. The molecule has 0 spiro atoms. The van der Waals surface area contributed by atoms with Crippen LogP contribution in [-0.4, -0.2) is 10.9 Å². The van der Waals surface area contributed by atoms with Gasteiger partial charge in [0.25, 0.3) is 0 Å². The zero-order chi connectivity index (χ0) is 8.97. The number of amides is 1. The summed E-state index contributed by atoms with van der Waals surface area (Å²) >= 11 is 0. The number of aromatic nitrogens is 1. The Bertz CT molecular complexity index is 284. The van der Waals surface area contributed by atoms with E-state index in [0.717, 1.165) is 11.1 Å². The molecule has 1 aromatic rings. The van der Waals surface area contributed by atoms with Gasteiger partial charge in [0.2, 0.25) is 5.91 Å². The minimum atomic E-state index is -0.00814. The lowest BCUT2D eigenvalue weighted by Gasteiger charge is -2.04. The van der Waals surface area contributed by atoms with E-state index in [1.807, 2.05) is 13.0 Å². The number of hydrogen-bond donors (Lipinski definition) is 1. The Balaban J connectivity index is 2.63. The second-order valence-electron chi connectivity index (χ2n) is 2.71. The molecule has 3 nitrogen and oxygen atoms in total. The van der Waals surface area contributed by atoms with E-state index in [1.165, 1.54) is 6.92 Å². The molecule has 1 aromatic heterocycles. The Morgan fingerprint density at radius 2 is 2.42 bits per heavy atom. The Kier molecular flexibility index (Phi) is 2.80. The van der Waals surface area contributed by atoms with Gasteiger partial charge in [-0.1, -0.05) is 0 Å². The van der Waals surface area contributed by atoms with Gasteiger partial charge < -0.3 is 5.32 Å². The lowest BCUT2D eigenvalue weighted by Crippen LogP contribution is -2.19. The number of carbonyl (C=O) groups excluding carboxylic acids is 1. The molecule has 0 aliphatic heterocycles. The maximum Gasteiger partial charge on any atom is 0.217 e. The molecule has 1 rings (SSSR count). The summed E-state index contributed by atoms with van der Waals surface area (Å²) in [7, 11) is 0. The molecule has 0 saturated heterocycles. The van der Waals surface area contributed by atoms with Crippen molar-refractivity contribution >= 4 is 5.91 Å². The van der Waals surface area contributed by atoms with Crippen molar-refractivity contribution in [2.24, 2.45) is 0 Å². The molecular formula is C9H12N2O. The lowest BCUT2D eigenvalue weighted by atomic mass is 10.1. The third-order valence-corrected chi connectivity index (χ3v) is 1.66. The molecule has 1 amide bonds. The van der Waals surface area contributed by atoms with Crippen molar-refractivity contribution in [3.05, 3.63) is 29.6 Å². The van der Waals surface area contributed by atoms with Crippen molar-refractivity contribution < 1.29 is 4.79 Å². The molecule has 1 N–H and O–H groups in total. The fraction of sp³-hybridized carbons (Fsp3) is 0.333. The van der Waals surface area contributed by atoms with Crippen LogP contribution >= 0.6 is 0 Å². The van der Waals surface area contributed by atoms with Crippen molar-refractivity contribution in [3.63, 3.8) is 0 Å². The van der Waals surface area contributed by atoms with E-state index in [4.69, 9.17) is 0 Å². The van der Waals surface area contributed by atoms with Gasteiger partial charge in [-0.05, 0) is 24.1 Å². The summed E-state index contributed by atoms with van der Waals surface area (Å²) < 4.78 is 0. The molecule has 0 aromatic carbocycles. The van der Waals surface area contributed by atoms with E-state index in [2.05, 4.69) is 10.3 Å². The van der Waals surface area contributed by atoms with E-state index >= 15 is 0 Å². The van der Waals surface area contributed by atoms with E-state index in [1.54, 1.807) is 12.4 Å². The summed E-state index contributed by atoms with van der Waals surface area (Å²) in [6.07, 6.45) is 3.52. The number of nitrogens with one attached hydrogen (secondary N) is 1.